The summed E-state index contributed by atoms with van der Waals surface area (Å²) < 4.78 is 4.95. The van der Waals surface area contributed by atoms with Crippen molar-refractivity contribution in [2.24, 2.45) is 0 Å². The lowest BCUT2D eigenvalue weighted by molar-refractivity contribution is 0.0954. The molecule has 0 fully saturated rings. The summed E-state index contributed by atoms with van der Waals surface area (Å²) in [6.45, 7) is 1.98. The second-order valence-electron chi connectivity index (χ2n) is 3.90. The molecule has 2 rings (SSSR count). The molecule has 2 heterocycles. The van der Waals surface area contributed by atoms with Gasteiger partial charge in [-0.25, -0.2) is 0 Å². The molecule has 6 nitrogen and oxygen atoms in total. The Morgan fingerprint density at radius 3 is 3.15 bits per heavy atom. The van der Waals surface area contributed by atoms with Gasteiger partial charge in [0, 0.05) is 18.3 Å². The SMILES string of the molecule is Cc1noc(CCNC(=O)c2csc(C#CCO)c2)n1. The number of hydrogen-bond donors (Lipinski definition) is 2. The molecule has 104 valence electrons. The zero-order valence-electron chi connectivity index (χ0n) is 10.8. The number of hydrogen-bond acceptors (Lipinski definition) is 6. The van der Waals surface area contributed by atoms with Crippen LogP contribution in [0.2, 0.25) is 0 Å². The molecular formula is C13H13N3O3S. The van der Waals surface area contributed by atoms with Gasteiger partial charge in [-0.2, -0.15) is 4.98 Å². The highest BCUT2D eigenvalue weighted by atomic mass is 32.1. The van der Waals surface area contributed by atoms with Gasteiger partial charge in [0.1, 0.15) is 6.61 Å². The number of aliphatic hydroxyl groups excluding tert-OH is 1. The largest absolute Gasteiger partial charge is 0.384 e. The van der Waals surface area contributed by atoms with Crippen LogP contribution < -0.4 is 5.32 Å². The quantitative estimate of drug-likeness (QED) is 0.812. The highest BCUT2D eigenvalue weighted by Crippen LogP contribution is 2.13. The molecule has 0 radical (unpaired) electrons. The Labute approximate surface area is 119 Å². The fraction of sp³-hybridized carbons (Fsp3) is 0.308. The van der Waals surface area contributed by atoms with Gasteiger partial charge in [0.05, 0.1) is 10.4 Å². The average Bonchev–Trinajstić information content (AvgIpc) is 3.05. The van der Waals surface area contributed by atoms with Crippen LogP contribution in [0, 0.1) is 18.8 Å². The molecule has 2 N–H and O–H groups in total. The molecule has 0 aliphatic carbocycles. The predicted octanol–water partition coefficient (Wildman–Crippen LogP) is 0.756. The van der Waals surface area contributed by atoms with E-state index in [1.165, 1.54) is 11.3 Å². The van der Waals surface area contributed by atoms with E-state index in [1.54, 1.807) is 18.4 Å². The summed E-state index contributed by atoms with van der Waals surface area (Å²) in [7, 11) is 0. The lowest BCUT2D eigenvalue weighted by atomic mass is 10.3. The van der Waals surface area contributed by atoms with Crippen molar-refractivity contribution in [2.75, 3.05) is 13.2 Å². The van der Waals surface area contributed by atoms with Gasteiger partial charge in [-0.3, -0.25) is 4.79 Å². The molecule has 0 bridgehead atoms. The van der Waals surface area contributed by atoms with Crippen LogP contribution in [-0.2, 0) is 6.42 Å². The van der Waals surface area contributed by atoms with E-state index in [4.69, 9.17) is 9.63 Å². The minimum Gasteiger partial charge on any atom is -0.384 e. The third-order valence-corrected chi connectivity index (χ3v) is 3.19. The first-order chi connectivity index (χ1) is 9.69. The number of rotatable bonds is 4. The van der Waals surface area contributed by atoms with E-state index in [-0.39, 0.29) is 12.5 Å². The maximum atomic E-state index is 11.9. The second kappa shape index (κ2) is 6.84. The number of aryl methyl sites for hydroxylation is 1. The average molecular weight is 291 g/mol. The number of nitrogens with zero attached hydrogens (tertiary/aromatic N) is 2. The van der Waals surface area contributed by atoms with E-state index in [1.807, 2.05) is 0 Å². The lowest BCUT2D eigenvalue weighted by Gasteiger charge is -2.00. The highest BCUT2D eigenvalue weighted by molar-refractivity contribution is 7.10. The maximum absolute atomic E-state index is 11.9. The predicted molar refractivity (Wildman–Crippen MR) is 73.4 cm³/mol. The molecule has 0 aliphatic rings. The summed E-state index contributed by atoms with van der Waals surface area (Å²) in [6.07, 6.45) is 0.494. The Morgan fingerprint density at radius 2 is 2.45 bits per heavy atom. The first kappa shape index (κ1) is 14.2. The lowest BCUT2D eigenvalue weighted by Crippen LogP contribution is -2.25. The van der Waals surface area contributed by atoms with E-state index in [0.717, 1.165) is 4.88 Å². The minimum absolute atomic E-state index is 0.172. The molecule has 7 heteroatoms. The number of carbonyl (C=O) groups is 1. The Balaban J connectivity index is 1.84. The van der Waals surface area contributed by atoms with Crippen LogP contribution in [0.3, 0.4) is 0 Å². The summed E-state index contributed by atoms with van der Waals surface area (Å²) in [5.74, 6) is 6.21. The van der Waals surface area contributed by atoms with Gasteiger partial charge in [-0.15, -0.1) is 11.3 Å². The van der Waals surface area contributed by atoms with Crippen LogP contribution in [0.15, 0.2) is 16.0 Å². The molecule has 0 spiro atoms. The van der Waals surface area contributed by atoms with Crippen LogP contribution in [0.5, 0.6) is 0 Å². The van der Waals surface area contributed by atoms with E-state index >= 15 is 0 Å². The molecule has 0 aromatic carbocycles. The molecule has 0 atom stereocenters. The fourth-order valence-electron chi connectivity index (χ4n) is 1.47. The van der Waals surface area contributed by atoms with Crippen LogP contribution in [0.25, 0.3) is 0 Å². The number of aromatic nitrogens is 2. The van der Waals surface area contributed by atoms with Crippen LogP contribution in [0.4, 0.5) is 0 Å². The molecule has 1 amide bonds. The molecule has 20 heavy (non-hydrogen) atoms. The van der Waals surface area contributed by atoms with Crippen LogP contribution >= 0.6 is 11.3 Å². The van der Waals surface area contributed by atoms with E-state index in [0.29, 0.717) is 30.2 Å². The van der Waals surface area contributed by atoms with Gasteiger partial charge < -0.3 is 14.9 Å². The van der Waals surface area contributed by atoms with Gasteiger partial charge >= 0.3 is 0 Å². The van der Waals surface area contributed by atoms with E-state index < -0.39 is 0 Å². The van der Waals surface area contributed by atoms with Crippen molar-refractivity contribution in [3.8, 4) is 11.8 Å². The number of carbonyl (C=O) groups excluding carboxylic acids is 1. The van der Waals surface area contributed by atoms with Crippen molar-refractivity contribution < 1.29 is 14.4 Å². The third kappa shape index (κ3) is 3.91. The second-order valence-corrected chi connectivity index (χ2v) is 4.81. The topological polar surface area (TPSA) is 88.2 Å². The number of amides is 1. The van der Waals surface area contributed by atoms with Gasteiger partial charge in [0.25, 0.3) is 5.91 Å². The van der Waals surface area contributed by atoms with Gasteiger partial charge in [0.2, 0.25) is 5.89 Å². The van der Waals surface area contributed by atoms with Crippen molar-refractivity contribution in [1.82, 2.24) is 15.5 Å². The van der Waals surface area contributed by atoms with Crippen molar-refractivity contribution in [3.63, 3.8) is 0 Å². The Kier molecular flexibility index (Phi) is 4.87. The standard InChI is InChI=1S/C13H13N3O3S/c1-9-15-12(19-16-9)4-5-14-13(18)10-7-11(20-8-10)3-2-6-17/h7-8,17H,4-6H2,1H3,(H,14,18). The Morgan fingerprint density at radius 1 is 1.60 bits per heavy atom. The third-order valence-electron chi connectivity index (χ3n) is 2.35. The Hall–Kier alpha value is -2.17. The zero-order chi connectivity index (χ0) is 14.4. The zero-order valence-corrected chi connectivity index (χ0v) is 11.7. The minimum atomic E-state index is -0.191. The van der Waals surface area contributed by atoms with Crippen molar-refractivity contribution in [2.45, 2.75) is 13.3 Å². The number of nitrogens with one attached hydrogen (secondary N) is 1. The van der Waals surface area contributed by atoms with Gasteiger partial charge in [-0.05, 0) is 13.0 Å². The van der Waals surface area contributed by atoms with Crippen LogP contribution in [-0.4, -0.2) is 34.3 Å². The number of aliphatic hydroxyl groups is 1. The first-order valence-electron chi connectivity index (χ1n) is 5.94. The summed E-state index contributed by atoms with van der Waals surface area (Å²) >= 11 is 1.36. The molecule has 0 saturated heterocycles. The Bertz CT molecular complexity index is 651. The summed E-state index contributed by atoms with van der Waals surface area (Å²) in [4.78, 5) is 16.7. The van der Waals surface area contributed by atoms with Gasteiger partial charge in [0.15, 0.2) is 5.82 Å². The maximum Gasteiger partial charge on any atom is 0.252 e. The molecule has 2 aromatic heterocycles. The molecular weight excluding hydrogens is 278 g/mol. The molecule has 0 saturated carbocycles. The monoisotopic (exact) mass is 291 g/mol. The van der Waals surface area contributed by atoms with Gasteiger partial charge in [-0.1, -0.05) is 17.0 Å². The summed E-state index contributed by atoms with van der Waals surface area (Å²) in [5.41, 5.74) is 0.555. The van der Waals surface area contributed by atoms with Crippen LogP contribution in [0.1, 0.15) is 27.0 Å². The fourth-order valence-corrected chi connectivity index (χ4v) is 2.23. The molecule has 0 aliphatic heterocycles. The first-order valence-corrected chi connectivity index (χ1v) is 6.82. The summed E-state index contributed by atoms with van der Waals surface area (Å²) in [6, 6.07) is 1.69. The van der Waals surface area contributed by atoms with E-state index in [2.05, 4.69) is 27.3 Å². The van der Waals surface area contributed by atoms with Crippen molar-refractivity contribution in [3.05, 3.63) is 33.6 Å². The smallest absolute Gasteiger partial charge is 0.252 e. The highest BCUT2D eigenvalue weighted by Gasteiger charge is 2.08. The van der Waals surface area contributed by atoms with Crippen molar-refractivity contribution in [1.29, 1.82) is 0 Å². The number of thiophene rings is 1. The van der Waals surface area contributed by atoms with Crippen molar-refractivity contribution >= 4 is 17.2 Å². The summed E-state index contributed by atoms with van der Waals surface area (Å²) in [5, 5.41) is 16.8. The van der Waals surface area contributed by atoms with E-state index in [9.17, 15) is 4.79 Å². The normalized spacial score (nSPS) is 9.90. The molecule has 2 aromatic rings. The molecule has 0 unspecified atom stereocenters.